The van der Waals surface area contributed by atoms with Crippen LogP contribution < -0.4 is 10.6 Å². The third-order valence-electron chi connectivity index (χ3n) is 2.58. The van der Waals surface area contributed by atoms with Gasteiger partial charge in [0.05, 0.1) is 6.42 Å². The molecule has 0 radical (unpaired) electrons. The lowest BCUT2D eigenvalue weighted by Gasteiger charge is -2.05. The highest BCUT2D eigenvalue weighted by atomic mass is 16.2. The van der Waals surface area contributed by atoms with Gasteiger partial charge in [-0.25, -0.2) is 0 Å². The van der Waals surface area contributed by atoms with E-state index in [0.29, 0.717) is 12.5 Å². The summed E-state index contributed by atoms with van der Waals surface area (Å²) < 4.78 is 0. The van der Waals surface area contributed by atoms with Crippen LogP contribution in [0.3, 0.4) is 0 Å². The molecule has 1 fully saturated rings. The van der Waals surface area contributed by atoms with Gasteiger partial charge >= 0.3 is 0 Å². The van der Waals surface area contributed by atoms with Crippen LogP contribution in [0.5, 0.6) is 0 Å². The molecule has 1 aliphatic carbocycles. The summed E-state index contributed by atoms with van der Waals surface area (Å²) in [4.78, 5) is 22.4. The summed E-state index contributed by atoms with van der Waals surface area (Å²) in [6.45, 7) is 1.47. The zero-order valence-electron chi connectivity index (χ0n) is 9.82. The molecule has 0 unspecified atom stereocenters. The van der Waals surface area contributed by atoms with Gasteiger partial charge in [0.25, 0.3) is 0 Å². The number of benzene rings is 1. The molecule has 0 spiro atoms. The molecule has 2 rings (SSSR count). The maximum Gasteiger partial charge on any atom is 0.224 e. The minimum Gasteiger partial charge on any atom is -0.353 e. The lowest BCUT2D eigenvalue weighted by atomic mass is 10.1. The first kappa shape index (κ1) is 11.6. The Kier molecular flexibility index (Phi) is 3.42. The van der Waals surface area contributed by atoms with Gasteiger partial charge in [-0.05, 0) is 30.5 Å². The maximum absolute atomic E-state index is 11.5. The van der Waals surface area contributed by atoms with E-state index in [9.17, 15) is 9.59 Å². The quantitative estimate of drug-likeness (QED) is 0.825. The molecule has 0 bridgehead atoms. The topological polar surface area (TPSA) is 58.2 Å². The van der Waals surface area contributed by atoms with Gasteiger partial charge in [0.1, 0.15) is 0 Å². The van der Waals surface area contributed by atoms with Gasteiger partial charge in [0, 0.05) is 18.7 Å². The first-order chi connectivity index (χ1) is 8.13. The van der Waals surface area contributed by atoms with Crippen molar-refractivity contribution in [1.29, 1.82) is 0 Å². The standard InChI is InChI=1S/C13H16N2O2/c1-9(16)14-11-4-2-10(3-5-11)8-13(17)15-12-6-7-12/h2-5,12H,6-8H2,1H3,(H,14,16)(H,15,17). The Bertz CT molecular complexity index is 422. The van der Waals surface area contributed by atoms with E-state index in [1.807, 2.05) is 12.1 Å². The second-order valence-corrected chi connectivity index (χ2v) is 4.40. The number of amides is 2. The molecule has 0 heterocycles. The number of carbonyl (C=O) groups is 2. The van der Waals surface area contributed by atoms with E-state index in [2.05, 4.69) is 10.6 Å². The highest BCUT2D eigenvalue weighted by Crippen LogP contribution is 2.18. The fourth-order valence-corrected chi connectivity index (χ4v) is 1.60. The molecule has 90 valence electrons. The van der Waals surface area contributed by atoms with Gasteiger partial charge in [-0.3, -0.25) is 9.59 Å². The summed E-state index contributed by atoms with van der Waals surface area (Å²) in [5.41, 5.74) is 1.71. The summed E-state index contributed by atoms with van der Waals surface area (Å²) in [6, 6.07) is 7.73. The van der Waals surface area contributed by atoms with E-state index in [0.717, 1.165) is 24.1 Å². The zero-order valence-corrected chi connectivity index (χ0v) is 9.82. The van der Waals surface area contributed by atoms with Crippen molar-refractivity contribution in [3.8, 4) is 0 Å². The predicted octanol–water partition coefficient (Wildman–Crippen LogP) is 1.47. The Morgan fingerprint density at radius 1 is 1.24 bits per heavy atom. The third-order valence-corrected chi connectivity index (χ3v) is 2.58. The number of nitrogens with one attached hydrogen (secondary N) is 2. The Balaban J connectivity index is 1.88. The lowest BCUT2D eigenvalue weighted by Crippen LogP contribution is -2.26. The molecule has 1 saturated carbocycles. The van der Waals surface area contributed by atoms with E-state index in [1.165, 1.54) is 6.92 Å². The van der Waals surface area contributed by atoms with Crippen molar-refractivity contribution >= 4 is 17.5 Å². The minimum atomic E-state index is -0.0933. The van der Waals surface area contributed by atoms with Gasteiger partial charge in [-0.1, -0.05) is 12.1 Å². The molecule has 4 heteroatoms. The number of carbonyl (C=O) groups excluding carboxylic acids is 2. The van der Waals surface area contributed by atoms with Crippen molar-refractivity contribution in [2.45, 2.75) is 32.2 Å². The van der Waals surface area contributed by atoms with E-state index >= 15 is 0 Å². The van der Waals surface area contributed by atoms with Crippen LogP contribution in [0.2, 0.25) is 0 Å². The Labute approximate surface area is 100 Å². The summed E-state index contributed by atoms with van der Waals surface area (Å²) in [6.07, 6.45) is 2.61. The van der Waals surface area contributed by atoms with Crippen LogP contribution in [0.25, 0.3) is 0 Å². The molecular formula is C13H16N2O2. The zero-order chi connectivity index (χ0) is 12.3. The Hall–Kier alpha value is -1.84. The number of anilines is 1. The number of hydrogen-bond donors (Lipinski definition) is 2. The van der Waals surface area contributed by atoms with Gasteiger partial charge < -0.3 is 10.6 Å². The maximum atomic E-state index is 11.5. The minimum absolute atomic E-state index is 0.0692. The first-order valence-corrected chi connectivity index (χ1v) is 5.79. The van der Waals surface area contributed by atoms with Gasteiger partial charge in [-0.15, -0.1) is 0 Å². The van der Waals surface area contributed by atoms with Gasteiger partial charge in [0.15, 0.2) is 0 Å². The second kappa shape index (κ2) is 4.99. The normalized spacial score (nSPS) is 14.2. The number of rotatable bonds is 4. The average Bonchev–Trinajstić information content (AvgIpc) is 3.04. The highest BCUT2D eigenvalue weighted by Gasteiger charge is 2.22. The van der Waals surface area contributed by atoms with E-state index < -0.39 is 0 Å². The molecule has 0 aliphatic heterocycles. The molecule has 2 N–H and O–H groups in total. The van der Waals surface area contributed by atoms with Crippen LogP contribution in [-0.2, 0) is 16.0 Å². The van der Waals surface area contributed by atoms with E-state index in [4.69, 9.17) is 0 Å². The molecule has 0 atom stereocenters. The largest absolute Gasteiger partial charge is 0.353 e. The summed E-state index contributed by atoms with van der Waals surface area (Å²) in [7, 11) is 0. The molecule has 17 heavy (non-hydrogen) atoms. The van der Waals surface area contributed by atoms with E-state index in [1.54, 1.807) is 12.1 Å². The summed E-state index contributed by atoms with van der Waals surface area (Å²) in [5.74, 6) is -0.0241. The van der Waals surface area contributed by atoms with Crippen LogP contribution in [0.1, 0.15) is 25.3 Å². The molecule has 0 aromatic heterocycles. The predicted molar refractivity (Wildman–Crippen MR) is 65.6 cm³/mol. The van der Waals surface area contributed by atoms with Crippen molar-refractivity contribution in [3.05, 3.63) is 29.8 Å². The van der Waals surface area contributed by atoms with Crippen molar-refractivity contribution < 1.29 is 9.59 Å². The monoisotopic (exact) mass is 232 g/mol. The highest BCUT2D eigenvalue weighted by molar-refractivity contribution is 5.88. The fraction of sp³-hybridized carbons (Fsp3) is 0.385. The van der Waals surface area contributed by atoms with Crippen molar-refractivity contribution in [3.63, 3.8) is 0 Å². The molecule has 1 aromatic rings. The van der Waals surface area contributed by atoms with Crippen molar-refractivity contribution in [2.75, 3.05) is 5.32 Å². The summed E-state index contributed by atoms with van der Waals surface area (Å²) >= 11 is 0. The SMILES string of the molecule is CC(=O)Nc1ccc(CC(=O)NC2CC2)cc1. The fourth-order valence-electron chi connectivity index (χ4n) is 1.60. The number of hydrogen-bond acceptors (Lipinski definition) is 2. The van der Waals surface area contributed by atoms with Crippen LogP contribution in [-0.4, -0.2) is 17.9 Å². The lowest BCUT2D eigenvalue weighted by molar-refractivity contribution is -0.120. The van der Waals surface area contributed by atoms with Crippen LogP contribution in [0.4, 0.5) is 5.69 Å². The molecule has 1 aromatic carbocycles. The van der Waals surface area contributed by atoms with Gasteiger partial charge in [-0.2, -0.15) is 0 Å². The smallest absolute Gasteiger partial charge is 0.224 e. The second-order valence-electron chi connectivity index (χ2n) is 4.40. The van der Waals surface area contributed by atoms with Crippen LogP contribution in [0.15, 0.2) is 24.3 Å². The molecule has 2 amide bonds. The van der Waals surface area contributed by atoms with Crippen molar-refractivity contribution in [1.82, 2.24) is 5.32 Å². The Morgan fingerprint density at radius 3 is 2.41 bits per heavy atom. The van der Waals surface area contributed by atoms with Gasteiger partial charge in [0.2, 0.25) is 11.8 Å². The first-order valence-electron chi connectivity index (χ1n) is 5.79. The summed E-state index contributed by atoms with van der Waals surface area (Å²) in [5, 5.41) is 5.63. The molecular weight excluding hydrogens is 216 g/mol. The average molecular weight is 232 g/mol. The van der Waals surface area contributed by atoms with E-state index in [-0.39, 0.29) is 11.8 Å². The van der Waals surface area contributed by atoms with Crippen LogP contribution >= 0.6 is 0 Å². The molecule has 4 nitrogen and oxygen atoms in total. The van der Waals surface area contributed by atoms with Crippen molar-refractivity contribution in [2.24, 2.45) is 0 Å². The molecule has 0 saturated heterocycles. The van der Waals surface area contributed by atoms with Crippen LogP contribution in [0, 0.1) is 0 Å². The molecule has 1 aliphatic rings. The third kappa shape index (κ3) is 3.90. The Morgan fingerprint density at radius 2 is 1.88 bits per heavy atom.